The highest BCUT2D eigenvalue weighted by molar-refractivity contribution is 5.85. The molecule has 2 amide bonds. The van der Waals surface area contributed by atoms with Crippen LogP contribution < -0.4 is 10.6 Å². The number of carbonyl (C=O) groups excluding carboxylic acids is 2. The second-order valence-corrected chi connectivity index (χ2v) is 5.51. The standard InChI is InChI=1S/C16H23N3O2.ClH/c1-12-11-17-8-9-19(12)16(21)10-15(18-13(2)20)14-6-4-3-5-7-14;/h3-7,12,15,17H,8-11H2,1-2H3,(H,18,20);1H. The summed E-state index contributed by atoms with van der Waals surface area (Å²) in [6.45, 7) is 5.89. The lowest BCUT2D eigenvalue weighted by molar-refractivity contribution is -0.134. The quantitative estimate of drug-likeness (QED) is 0.882. The summed E-state index contributed by atoms with van der Waals surface area (Å²) < 4.78 is 0. The number of nitrogens with one attached hydrogen (secondary N) is 2. The van der Waals surface area contributed by atoms with Crippen molar-refractivity contribution in [1.82, 2.24) is 15.5 Å². The third-order valence-electron chi connectivity index (χ3n) is 3.78. The minimum absolute atomic E-state index is 0. The van der Waals surface area contributed by atoms with E-state index in [4.69, 9.17) is 0 Å². The van der Waals surface area contributed by atoms with Crippen LogP contribution in [0.25, 0.3) is 0 Å². The smallest absolute Gasteiger partial charge is 0.225 e. The maximum absolute atomic E-state index is 12.5. The predicted octanol–water partition coefficient (Wildman–Crippen LogP) is 1.50. The first-order valence-corrected chi connectivity index (χ1v) is 7.40. The van der Waals surface area contributed by atoms with E-state index in [2.05, 4.69) is 10.6 Å². The van der Waals surface area contributed by atoms with Crippen LogP contribution in [0.4, 0.5) is 0 Å². The lowest BCUT2D eigenvalue weighted by atomic mass is 10.0. The molecule has 1 heterocycles. The second-order valence-electron chi connectivity index (χ2n) is 5.51. The lowest BCUT2D eigenvalue weighted by Crippen LogP contribution is -2.52. The van der Waals surface area contributed by atoms with Crippen molar-refractivity contribution in [2.75, 3.05) is 19.6 Å². The Labute approximate surface area is 137 Å². The molecule has 1 aliphatic heterocycles. The van der Waals surface area contributed by atoms with Gasteiger partial charge in [-0.1, -0.05) is 30.3 Å². The van der Waals surface area contributed by atoms with Crippen LogP contribution in [0, 0.1) is 0 Å². The molecular formula is C16H24ClN3O2. The largest absolute Gasteiger partial charge is 0.349 e. The van der Waals surface area contributed by atoms with E-state index in [-0.39, 0.29) is 36.3 Å². The van der Waals surface area contributed by atoms with E-state index in [1.807, 2.05) is 42.2 Å². The summed E-state index contributed by atoms with van der Waals surface area (Å²) in [4.78, 5) is 25.8. The van der Waals surface area contributed by atoms with Gasteiger partial charge in [-0.15, -0.1) is 12.4 Å². The van der Waals surface area contributed by atoms with Crippen molar-refractivity contribution in [1.29, 1.82) is 0 Å². The third-order valence-corrected chi connectivity index (χ3v) is 3.78. The fourth-order valence-corrected chi connectivity index (χ4v) is 2.69. The van der Waals surface area contributed by atoms with Crippen LogP contribution in [0.3, 0.4) is 0 Å². The van der Waals surface area contributed by atoms with Crippen LogP contribution in [0.15, 0.2) is 30.3 Å². The van der Waals surface area contributed by atoms with E-state index >= 15 is 0 Å². The van der Waals surface area contributed by atoms with Crippen LogP contribution in [0.1, 0.15) is 31.9 Å². The summed E-state index contributed by atoms with van der Waals surface area (Å²) >= 11 is 0. The van der Waals surface area contributed by atoms with Gasteiger partial charge in [-0.25, -0.2) is 0 Å². The second kappa shape index (κ2) is 8.76. The molecule has 0 spiro atoms. The lowest BCUT2D eigenvalue weighted by Gasteiger charge is -2.35. The Balaban J connectivity index is 0.00000242. The number of rotatable bonds is 4. The summed E-state index contributed by atoms with van der Waals surface area (Å²) in [5.41, 5.74) is 0.962. The van der Waals surface area contributed by atoms with Gasteiger partial charge in [0.2, 0.25) is 11.8 Å². The number of amides is 2. The molecule has 2 N–H and O–H groups in total. The van der Waals surface area contributed by atoms with Crippen molar-refractivity contribution in [3.8, 4) is 0 Å². The highest BCUT2D eigenvalue weighted by atomic mass is 35.5. The summed E-state index contributed by atoms with van der Waals surface area (Å²) in [5, 5.41) is 6.15. The average molecular weight is 326 g/mol. The molecule has 22 heavy (non-hydrogen) atoms. The first-order chi connectivity index (χ1) is 10.1. The summed E-state index contributed by atoms with van der Waals surface area (Å²) in [7, 11) is 0. The average Bonchev–Trinajstić information content (AvgIpc) is 2.47. The molecular weight excluding hydrogens is 302 g/mol. The van der Waals surface area contributed by atoms with E-state index < -0.39 is 0 Å². The van der Waals surface area contributed by atoms with Gasteiger partial charge >= 0.3 is 0 Å². The summed E-state index contributed by atoms with van der Waals surface area (Å²) in [6.07, 6.45) is 0.300. The summed E-state index contributed by atoms with van der Waals surface area (Å²) in [5.74, 6) is -0.0309. The van der Waals surface area contributed by atoms with Crippen molar-refractivity contribution < 1.29 is 9.59 Å². The van der Waals surface area contributed by atoms with Gasteiger partial charge in [0.05, 0.1) is 12.5 Å². The Morgan fingerprint density at radius 2 is 2.05 bits per heavy atom. The molecule has 0 aromatic heterocycles. The van der Waals surface area contributed by atoms with E-state index in [0.29, 0.717) is 6.42 Å². The maximum atomic E-state index is 12.5. The fraction of sp³-hybridized carbons (Fsp3) is 0.500. The molecule has 1 saturated heterocycles. The van der Waals surface area contributed by atoms with Crippen molar-refractivity contribution in [2.24, 2.45) is 0 Å². The molecule has 2 atom stereocenters. The zero-order valence-corrected chi connectivity index (χ0v) is 13.9. The molecule has 0 saturated carbocycles. The minimum atomic E-state index is -0.265. The maximum Gasteiger partial charge on any atom is 0.225 e. The first kappa shape index (κ1) is 18.5. The Morgan fingerprint density at radius 1 is 1.36 bits per heavy atom. The van der Waals surface area contributed by atoms with Crippen LogP contribution in [-0.4, -0.2) is 42.4 Å². The molecule has 1 aromatic rings. The molecule has 1 aliphatic rings. The number of nitrogens with zero attached hydrogens (tertiary/aromatic N) is 1. The van der Waals surface area contributed by atoms with Gasteiger partial charge in [-0.05, 0) is 12.5 Å². The normalized spacial score (nSPS) is 19.0. The van der Waals surface area contributed by atoms with Crippen molar-refractivity contribution in [3.05, 3.63) is 35.9 Å². The van der Waals surface area contributed by atoms with Gasteiger partial charge in [0.15, 0.2) is 0 Å². The Hall–Kier alpha value is -1.59. The van der Waals surface area contributed by atoms with Crippen LogP contribution >= 0.6 is 12.4 Å². The molecule has 1 fully saturated rings. The topological polar surface area (TPSA) is 61.4 Å². The van der Waals surface area contributed by atoms with Gasteiger partial charge in [0.1, 0.15) is 0 Å². The van der Waals surface area contributed by atoms with Gasteiger partial charge < -0.3 is 15.5 Å². The molecule has 122 valence electrons. The fourth-order valence-electron chi connectivity index (χ4n) is 2.69. The highest BCUT2D eigenvalue weighted by Crippen LogP contribution is 2.19. The molecule has 0 radical (unpaired) electrons. The molecule has 5 nitrogen and oxygen atoms in total. The zero-order valence-electron chi connectivity index (χ0n) is 13.0. The molecule has 0 aliphatic carbocycles. The molecule has 0 bridgehead atoms. The number of benzene rings is 1. The SMILES string of the molecule is CC(=O)NC(CC(=O)N1CCNCC1C)c1ccccc1.Cl. The highest BCUT2D eigenvalue weighted by Gasteiger charge is 2.26. The predicted molar refractivity (Wildman–Crippen MR) is 88.9 cm³/mol. The number of hydrogen-bond acceptors (Lipinski definition) is 3. The van der Waals surface area contributed by atoms with E-state index in [0.717, 1.165) is 25.2 Å². The summed E-state index contributed by atoms with van der Waals surface area (Å²) in [6, 6.07) is 9.57. The van der Waals surface area contributed by atoms with E-state index in [9.17, 15) is 9.59 Å². The van der Waals surface area contributed by atoms with Crippen LogP contribution in [0.5, 0.6) is 0 Å². The number of carbonyl (C=O) groups is 2. The first-order valence-electron chi connectivity index (χ1n) is 7.40. The minimum Gasteiger partial charge on any atom is -0.349 e. The van der Waals surface area contributed by atoms with Gasteiger partial charge in [0.25, 0.3) is 0 Å². The molecule has 2 rings (SSSR count). The zero-order chi connectivity index (χ0) is 15.2. The molecule has 1 aromatic carbocycles. The number of hydrogen-bond donors (Lipinski definition) is 2. The van der Waals surface area contributed by atoms with Gasteiger partial charge in [-0.2, -0.15) is 0 Å². The Bertz CT molecular complexity index is 495. The van der Waals surface area contributed by atoms with Crippen molar-refractivity contribution in [2.45, 2.75) is 32.4 Å². The van der Waals surface area contributed by atoms with E-state index in [1.54, 1.807) is 0 Å². The van der Waals surface area contributed by atoms with E-state index in [1.165, 1.54) is 6.92 Å². The third kappa shape index (κ3) is 5.00. The number of piperazine rings is 1. The Morgan fingerprint density at radius 3 is 2.64 bits per heavy atom. The van der Waals surface area contributed by atoms with Gasteiger partial charge in [0, 0.05) is 32.6 Å². The molecule has 2 unspecified atom stereocenters. The van der Waals surface area contributed by atoms with Crippen molar-refractivity contribution in [3.63, 3.8) is 0 Å². The van der Waals surface area contributed by atoms with Crippen molar-refractivity contribution >= 4 is 24.2 Å². The molecule has 6 heteroatoms. The monoisotopic (exact) mass is 325 g/mol. The van der Waals surface area contributed by atoms with Crippen LogP contribution in [0.2, 0.25) is 0 Å². The van der Waals surface area contributed by atoms with Gasteiger partial charge in [-0.3, -0.25) is 9.59 Å². The van der Waals surface area contributed by atoms with Crippen LogP contribution in [-0.2, 0) is 9.59 Å². The number of halogens is 1. The Kier molecular flexibility index (Phi) is 7.35.